The van der Waals surface area contributed by atoms with Crippen LogP contribution in [-0.4, -0.2) is 54.6 Å². The van der Waals surface area contributed by atoms with Crippen molar-refractivity contribution >= 4 is 23.8 Å². The summed E-state index contributed by atoms with van der Waals surface area (Å²) in [6.45, 7) is 8.55. The van der Waals surface area contributed by atoms with Gasteiger partial charge in [0.15, 0.2) is 0 Å². The summed E-state index contributed by atoms with van der Waals surface area (Å²) in [7, 11) is 0. The smallest absolute Gasteiger partial charge is 0.338 e. The molecule has 1 fully saturated rings. The molecule has 2 N–H and O–H groups in total. The molecule has 0 aromatic heterocycles. The standard InChI is InChI=1S/C20H27N3O3S/c1-4-26-19(24)17-16(12-23-7-9-27-10-8-23)21-20(25)22-18(17)15-6-5-13(2)11-14(15)3/h5-6,11,18H,4,7-10,12H2,1-3H3,(H2,21,22,25)/t18-/m0/s1. The van der Waals surface area contributed by atoms with Crippen LogP contribution in [0.3, 0.4) is 0 Å². The number of aryl methyl sites for hydroxylation is 2. The van der Waals surface area contributed by atoms with E-state index in [4.69, 9.17) is 4.74 Å². The lowest BCUT2D eigenvalue weighted by Crippen LogP contribution is -2.49. The van der Waals surface area contributed by atoms with E-state index in [1.807, 2.05) is 37.7 Å². The number of hydrogen-bond acceptors (Lipinski definition) is 5. The Morgan fingerprint density at radius 3 is 2.70 bits per heavy atom. The Labute approximate surface area is 164 Å². The summed E-state index contributed by atoms with van der Waals surface area (Å²) in [5.41, 5.74) is 4.25. The molecule has 27 heavy (non-hydrogen) atoms. The topological polar surface area (TPSA) is 70.7 Å². The van der Waals surface area contributed by atoms with Crippen molar-refractivity contribution in [2.24, 2.45) is 0 Å². The summed E-state index contributed by atoms with van der Waals surface area (Å²) in [6, 6.07) is 5.26. The molecule has 0 saturated carbocycles. The summed E-state index contributed by atoms with van der Waals surface area (Å²) in [6.07, 6.45) is 0. The van der Waals surface area contributed by atoms with Crippen molar-refractivity contribution in [1.29, 1.82) is 0 Å². The van der Waals surface area contributed by atoms with Gasteiger partial charge in [-0.05, 0) is 31.9 Å². The Balaban J connectivity index is 2.01. The van der Waals surface area contributed by atoms with E-state index in [9.17, 15) is 9.59 Å². The lowest BCUT2D eigenvalue weighted by molar-refractivity contribution is -0.139. The van der Waals surface area contributed by atoms with Crippen molar-refractivity contribution in [1.82, 2.24) is 15.5 Å². The van der Waals surface area contributed by atoms with E-state index in [1.54, 1.807) is 6.92 Å². The van der Waals surface area contributed by atoms with Crippen LogP contribution in [-0.2, 0) is 9.53 Å². The molecule has 1 aromatic carbocycles. The van der Waals surface area contributed by atoms with Gasteiger partial charge in [-0.15, -0.1) is 0 Å². The summed E-state index contributed by atoms with van der Waals surface area (Å²) >= 11 is 1.93. The molecular formula is C20H27N3O3S. The van der Waals surface area contributed by atoms with Gasteiger partial charge in [-0.1, -0.05) is 23.8 Å². The van der Waals surface area contributed by atoms with Gasteiger partial charge < -0.3 is 15.4 Å². The minimum atomic E-state index is -0.507. The molecule has 2 aliphatic rings. The molecule has 2 heterocycles. The molecule has 7 heteroatoms. The fourth-order valence-electron chi connectivity index (χ4n) is 3.56. The van der Waals surface area contributed by atoms with Crippen LogP contribution in [0.5, 0.6) is 0 Å². The molecule has 2 aliphatic heterocycles. The zero-order valence-corrected chi connectivity index (χ0v) is 16.9. The zero-order chi connectivity index (χ0) is 19.4. The van der Waals surface area contributed by atoms with E-state index in [1.165, 1.54) is 0 Å². The van der Waals surface area contributed by atoms with Gasteiger partial charge in [-0.25, -0.2) is 9.59 Å². The van der Waals surface area contributed by atoms with Gasteiger partial charge in [0, 0.05) is 36.8 Å². The first-order chi connectivity index (χ1) is 13.0. The highest BCUT2D eigenvalue weighted by Crippen LogP contribution is 2.30. The second kappa shape index (κ2) is 8.80. The van der Waals surface area contributed by atoms with Gasteiger partial charge in [0.2, 0.25) is 0 Å². The van der Waals surface area contributed by atoms with Gasteiger partial charge >= 0.3 is 12.0 Å². The van der Waals surface area contributed by atoms with Gasteiger partial charge in [0.05, 0.1) is 18.2 Å². The van der Waals surface area contributed by atoms with Crippen LogP contribution in [0.25, 0.3) is 0 Å². The third-order valence-electron chi connectivity index (χ3n) is 4.87. The Morgan fingerprint density at radius 1 is 1.30 bits per heavy atom. The Hall–Kier alpha value is -1.99. The van der Waals surface area contributed by atoms with Crippen molar-refractivity contribution in [3.63, 3.8) is 0 Å². The van der Waals surface area contributed by atoms with Crippen LogP contribution in [0.2, 0.25) is 0 Å². The first-order valence-corrected chi connectivity index (χ1v) is 10.5. The van der Waals surface area contributed by atoms with E-state index in [0.29, 0.717) is 24.4 Å². The van der Waals surface area contributed by atoms with Crippen molar-refractivity contribution in [2.45, 2.75) is 26.8 Å². The van der Waals surface area contributed by atoms with Gasteiger partial charge in [-0.2, -0.15) is 11.8 Å². The molecule has 0 bridgehead atoms. The highest BCUT2D eigenvalue weighted by atomic mass is 32.2. The van der Waals surface area contributed by atoms with Crippen molar-refractivity contribution in [3.05, 3.63) is 46.2 Å². The maximum Gasteiger partial charge on any atom is 0.338 e. The molecule has 2 amide bonds. The van der Waals surface area contributed by atoms with Crippen molar-refractivity contribution in [2.75, 3.05) is 37.7 Å². The number of nitrogens with one attached hydrogen (secondary N) is 2. The van der Waals surface area contributed by atoms with Crippen LogP contribution in [0.4, 0.5) is 4.79 Å². The van der Waals surface area contributed by atoms with Crippen LogP contribution in [0.1, 0.15) is 29.7 Å². The van der Waals surface area contributed by atoms with Gasteiger partial charge in [0.25, 0.3) is 0 Å². The van der Waals surface area contributed by atoms with E-state index in [0.717, 1.165) is 41.3 Å². The molecule has 0 spiro atoms. The fourth-order valence-corrected chi connectivity index (χ4v) is 4.54. The molecule has 1 saturated heterocycles. The Kier molecular flexibility index (Phi) is 6.44. The van der Waals surface area contributed by atoms with Crippen LogP contribution in [0, 0.1) is 13.8 Å². The number of amides is 2. The van der Waals surface area contributed by atoms with Crippen LogP contribution >= 0.6 is 11.8 Å². The highest BCUT2D eigenvalue weighted by Gasteiger charge is 2.35. The number of urea groups is 1. The Morgan fingerprint density at radius 2 is 2.04 bits per heavy atom. The summed E-state index contributed by atoms with van der Waals surface area (Å²) in [5.74, 6) is 1.75. The average Bonchev–Trinajstić information content (AvgIpc) is 2.62. The molecular weight excluding hydrogens is 362 g/mol. The summed E-state index contributed by atoms with van der Waals surface area (Å²) in [5, 5.41) is 5.78. The van der Waals surface area contributed by atoms with E-state index in [-0.39, 0.29) is 12.0 Å². The molecule has 1 aromatic rings. The van der Waals surface area contributed by atoms with Crippen LogP contribution < -0.4 is 10.6 Å². The molecule has 146 valence electrons. The molecule has 0 unspecified atom stereocenters. The minimum Gasteiger partial charge on any atom is -0.463 e. The number of hydrogen-bond donors (Lipinski definition) is 2. The van der Waals surface area contributed by atoms with Crippen LogP contribution in [0.15, 0.2) is 29.5 Å². The van der Waals surface area contributed by atoms with Gasteiger partial charge in [-0.3, -0.25) is 4.90 Å². The zero-order valence-electron chi connectivity index (χ0n) is 16.1. The summed E-state index contributed by atoms with van der Waals surface area (Å²) < 4.78 is 5.34. The number of carbonyl (C=O) groups excluding carboxylic acids is 2. The third-order valence-corrected chi connectivity index (χ3v) is 5.81. The molecule has 6 nitrogen and oxygen atoms in total. The first kappa shape index (κ1) is 19.8. The Bertz CT molecular complexity index is 757. The third kappa shape index (κ3) is 4.65. The number of nitrogens with zero attached hydrogens (tertiary/aromatic N) is 1. The number of carbonyl (C=O) groups is 2. The quantitative estimate of drug-likeness (QED) is 0.758. The number of thioether (sulfide) groups is 1. The van der Waals surface area contributed by atoms with E-state index in [2.05, 4.69) is 21.6 Å². The van der Waals surface area contributed by atoms with E-state index >= 15 is 0 Å². The largest absolute Gasteiger partial charge is 0.463 e. The SMILES string of the molecule is CCOC(=O)C1=C(CN2CCSCC2)NC(=O)N[C@H]1c1ccc(C)cc1C. The second-order valence-electron chi connectivity index (χ2n) is 6.89. The monoisotopic (exact) mass is 389 g/mol. The van der Waals surface area contributed by atoms with Gasteiger partial charge in [0.1, 0.15) is 0 Å². The predicted octanol–water partition coefficient (Wildman–Crippen LogP) is 2.52. The highest BCUT2D eigenvalue weighted by molar-refractivity contribution is 7.99. The number of esters is 1. The maximum absolute atomic E-state index is 12.8. The average molecular weight is 390 g/mol. The lowest BCUT2D eigenvalue weighted by Gasteiger charge is -2.33. The number of rotatable bonds is 5. The molecule has 1 atom stereocenters. The number of ether oxygens (including phenoxy) is 1. The second-order valence-corrected chi connectivity index (χ2v) is 8.12. The van der Waals surface area contributed by atoms with E-state index < -0.39 is 6.04 Å². The lowest BCUT2D eigenvalue weighted by atomic mass is 9.91. The summed E-state index contributed by atoms with van der Waals surface area (Å²) in [4.78, 5) is 27.5. The molecule has 0 radical (unpaired) electrons. The minimum absolute atomic E-state index is 0.283. The normalized spacial score (nSPS) is 20.9. The van der Waals surface area contributed by atoms with Crippen molar-refractivity contribution < 1.29 is 14.3 Å². The predicted molar refractivity (Wildman–Crippen MR) is 108 cm³/mol. The number of benzene rings is 1. The molecule has 3 rings (SSSR count). The maximum atomic E-state index is 12.8. The van der Waals surface area contributed by atoms with Crippen molar-refractivity contribution in [3.8, 4) is 0 Å². The fraction of sp³-hybridized carbons (Fsp3) is 0.500. The first-order valence-electron chi connectivity index (χ1n) is 9.34. The molecule has 0 aliphatic carbocycles.